The van der Waals surface area contributed by atoms with Gasteiger partial charge in [0.05, 0.1) is 6.10 Å². The summed E-state index contributed by atoms with van der Waals surface area (Å²) in [5, 5.41) is 9.61. The minimum Gasteiger partial charge on any atom is -0.392 e. The first kappa shape index (κ1) is 18.8. The number of halogens is 1. The van der Waals surface area contributed by atoms with E-state index in [1.165, 1.54) is 6.07 Å². The van der Waals surface area contributed by atoms with Crippen LogP contribution < -0.4 is 0 Å². The highest BCUT2D eigenvalue weighted by Crippen LogP contribution is 2.40. The normalized spacial score (nSPS) is 21.2. The summed E-state index contributed by atoms with van der Waals surface area (Å²) in [5.41, 5.74) is 0.945. The Hall–Kier alpha value is -1.95. The minimum absolute atomic E-state index is 0.0259. The first-order valence-electron chi connectivity index (χ1n) is 9.31. The molecule has 2 saturated heterocycles. The van der Waals surface area contributed by atoms with Crippen LogP contribution in [0.4, 0.5) is 4.39 Å². The predicted molar refractivity (Wildman–Crippen MR) is 96.2 cm³/mol. The number of rotatable bonds is 3. The molecule has 0 aromatic heterocycles. The van der Waals surface area contributed by atoms with Gasteiger partial charge in [0.2, 0.25) is 5.91 Å². The summed E-state index contributed by atoms with van der Waals surface area (Å²) < 4.78 is 13.7. The van der Waals surface area contributed by atoms with Crippen molar-refractivity contribution in [3.63, 3.8) is 0 Å². The summed E-state index contributed by atoms with van der Waals surface area (Å²) in [7, 11) is 0. The van der Waals surface area contributed by atoms with Crippen LogP contribution in [0.5, 0.6) is 0 Å². The Balaban J connectivity index is 1.63. The Kier molecular flexibility index (Phi) is 5.32. The third-order valence-electron chi connectivity index (χ3n) is 5.76. The zero-order valence-corrected chi connectivity index (χ0v) is 15.5. The lowest BCUT2D eigenvalue weighted by atomic mass is 9.72. The second-order valence-corrected chi connectivity index (χ2v) is 7.88. The van der Waals surface area contributed by atoms with Gasteiger partial charge in [-0.3, -0.25) is 9.59 Å². The number of hydrogen-bond acceptors (Lipinski definition) is 3. The SMILES string of the molecule is Cc1ccc(C(=O)N2CCC3(CCC(=O)N(CC(C)O)C3)CC2)cc1F. The summed E-state index contributed by atoms with van der Waals surface area (Å²) in [6, 6.07) is 4.62. The Bertz CT molecular complexity index is 696. The number of aliphatic hydroxyl groups is 1. The van der Waals surface area contributed by atoms with Crippen LogP contribution in [0.3, 0.4) is 0 Å². The predicted octanol–water partition coefficient (Wildman–Crippen LogP) is 2.36. The molecule has 6 heteroatoms. The second-order valence-electron chi connectivity index (χ2n) is 7.88. The number of nitrogens with zero attached hydrogens (tertiary/aromatic N) is 2. The molecule has 2 amide bonds. The molecule has 142 valence electrons. The number of piperidine rings is 2. The zero-order chi connectivity index (χ0) is 18.9. The molecule has 2 aliphatic heterocycles. The van der Waals surface area contributed by atoms with Gasteiger partial charge >= 0.3 is 0 Å². The Morgan fingerprint density at radius 1 is 1.31 bits per heavy atom. The zero-order valence-electron chi connectivity index (χ0n) is 15.5. The van der Waals surface area contributed by atoms with Gasteiger partial charge in [-0.25, -0.2) is 4.39 Å². The van der Waals surface area contributed by atoms with E-state index in [9.17, 15) is 19.1 Å². The fraction of sp³-hybridized carbons (Fsp3) is 0.600. The van der Waals surface area contributed by atoms with Gasteiger partial charge in [-0.1, -0.05) is 6.07 Å². The van der Waals surface area contributed by atoms with E-state index in [1.807, 2.05) is 0 Å². The van der Waals surface area contributed by atoms with Crippen LogP contribution >= 0.6 is 0 Å². The molecule has 2 heterocycles. The van der Waals surface area contributed by atoms with Gasteiger partial charge in [0.15, 0.2) is 0 Å². The fourth-order valence-electron chi connectivity index (χ4n) is 4.09. The van der Waals surface area contributed by atoms with Crippen molar-refractivity contribution in [3.8, 4) is 0 Å². The lowest BCUT2D eigenvalue weighted by molar-refractivity contribution is -0.140. The van der Waals surface area contributed by atoms with E-state index in [0.717, 1.165) is 19.3 Å². The van der Waals surface area contributed by atoms with Gasteiger partial charge in [-0.05, 0) is 56.2 Å². The molecule has 5 nitrogen and oxygen atoms in total. The maximum absolute atomic E-state index is 13.7. The van der Waals surface area contributed by atoms with Crippen LogP contribution in [0.15, 0.2) is 18.2 Å². The first-order chi connectivity index (χ1) is 12.3. The molecule has 1 unspecified atom stereocenters. The third-order valence-corrected chi connectivity index (χ3v) is 5.76. The highest BCUT2D eigenvalue weighted by atomic mass is 19.1. The van der Waals surface area contributed by atoms with Gasteiger partial charge in [0.1, 0.15) is 5.82 Å². The fourth-order valence-corrected chi connectivity index (χ4v) is 4.09. The molecule has 0 aliphatic carbocycles. The standard InChI is InChI=1S/C20H27FN2O3/c1-14-3-4-16(11-17(14)21)19(26)22-9-7-20(8-10-22)6-5-18(25)23(13-20)12-15(2)24/h3-4,11,15,24H,5-10,12-13H2,1-2H3. The highest BCUT2D eigenvalue weighted by Gasteiger charge is 2.41. The van der Waals surface area contributed by atoms with Crippen LogP contribution in [0.2, 0.25) is 0 Å². The molecule has 3 rings (SSSR count). The number of aryl methyl sites for hydroxylation is 1. The molecule has 2 aliphatic rings. The van der Waals surface area contributed by atoms with Gasteiger partial charge in [-0.2, -0.15) is 0 Å². The molecule has 0 saturated carbocycles. The molecule has 1 atom stereocenters. The van der Waals surface area contributed by atoms with Crippen LogP contribution in [0.1, 0.15) is 48.5 Å². The minimum atomic E-state index is -0.535. The number of β-amino-alcohol motifs (C(OH)–C–C–N with tert-alkyl or cyclic N) is 1. The van der Waals surface area contributed by atoms with Crippen molar-refractivity contribution in [2.24, 2.45) is 5.41 Å². The van der Waals surface area contributed by atoms with Crippen molar-refractivity contribution in [2.75, 3.05) is 26.2 Å². The monoisotopic (exact) mass is 362 g/mol. The van der Waals surface area contributed by atoms with E-state index in [-0.39, 0.29) is 23.0 Å². The lowest BCUT2D eigenvalue weighted by Crippen LogP contribution is -2.53. The van der Waals surface area contributed by atoms with Crippen molar-refractivity contribution in [2.45, 2.75) is 45.6 Å². The highest BCUT2D eigenvalue weighted by molar-refractivity contribution is 5.94. The molecule has 1 aromatic carbocycles. The molecule has 0 radical (unpaired) electrons. The van der Waals surface area contributed by atoms with E-state index >= 15 is 0 Å². The van der Waals surface area contributed by atoms with E-state index < -0.39 is 6.10 Å². The number of hydrogen-bond donors (Lipinski definition) is 1. The maximum atomic E-state index is 13.7. The van der Waals surface area contributed by atoms with Crippen molar-refractivity contribution < 1.29 is 19.1 Å². The molecular formula is C20H27FN2O3. The summed E-state index contributed by atoms with van der Waals surface area (Å²) in [5.74, 6) is -0.388. The second kappa shape index (κ2) is 7.35. The van der Waals surface area contributed by atoms with Gasteiger partial charge in [0, 0.05) is 38.2 Å². The number of amides is 2. The van der Waals surface area contributed by atoms with Crippen LogP contribution in [-0.2, 0) is 4.79 Å². The lowest BCUT2D eigenvalue weighted by Gasteiger charge is -2.47. The number of aliphatic hydroxyl groups excluding tert-OH is 1. The van der Waals surface area contributed by atoms with E-state index in [4.69, 9.17) is 0 Å². The average Bonchev–Trinajstić information content (AvgIpc) is 2.60. The third kappa shape index (κ3) is 3.90. The number of carbonyl (C=O) groups is 2. The molecule has 0 bridgehead atoms. The summed E-state index contributed by atoms with van der Waals surface area (Å²) in [4.78, 5) is 28.3. The number of likely N-dealkylation sites (tertiary alicyclic amines) is 2. The summed E-state index contributed by atoms with van der Waals surface area (Å²) in [6.07, 6.45) is 2.47. The average molecular weight is 362 g/mol. The van der Waals surface area contributed by atoms with E-state index in [1.54, 1.807) is 35.8 Å². The topological polar surface area (TPSA) is 60.9 Å². The van der Waals surface area contributed by atoms with Crippen molar-refractivity contribution in [3.05, 3.63) is 35.1 Å². The molecule has 2 fully saturated rings. The first-order valence-corrected chi connectivity index (χ1v) is 9.31. The van der Waals surface area contributed by atoms with Crippen molar-refractivity contribution in [1.29, 1.82) is 0 Å². The summed E-state index contributed by atoms with van der Waals surface area (Å²) in [6.45, 7) is 5.62. The molecule has 1 N–H and O–H groups in total. The molecule has 26 heavy (non-hydrogen) atoms. The van der Waals surface area contributed by atoms with Gasteiger partial charge in [0.25, 0.3) is 5.91 Å². The molecule has 1 spiro atoms. The number of benzene rings is 1. The molecular weight excluding hydrogens is 335 g/mol. The smallest absolute Gasteiger partial charge is 0.253 e. The Morgan fingerprint density at radius 3 is 2.62 bits per heavy atom. The van der Waals surface area contributed by atoms with Crippen LogP contribution in [-0.4, -0.2) is 59.0 Å². The Morgan fingerprint density at radius 2 is 2.00 bits per heavy atom. The summed E-state index contributed by atoms with van der Waals surface area (Å²) >= 11 is 0. The Labute approximate surface area is 153 Å². The number of carbonyl (C=O) groups excluding carboxylic acids is 2. The van der Waals surface area contributed by atoms with Crippen molar-refractivity contribution >= 4 is 11.8 Å². The maximum Gasteiger partial charge on any atom is 0.253 e. The van der Waals surface area contributed by atoms with E-state index in [0.29, 0.717) is 43.7 Å². The van der Waals surface area contributed by atoms with Gasteiger partial charge in [-0.15, -0.1) is 0 Å². The van der Waals surface area contributed by atoms with Gasteiger partial charge < -0.3 is 14.9 Å². The largest absolute Gasteiger partial charge is 0.392 e. The van der Waals surface area contributed by atoms with Crippen molar-refractivity contribution in [1.82, 2.24) is 9.80 Å². The van der Waals surface area contributed by atoms with Crippen LogP contribution in [0.25, 0.3) is 0 Å². The van der Waals surface area contributed by atoms with E-state index in [2.05, 4.69) is 0 Å². The van der Waals surface area contributed by atoms with Crippen LogP contribution in [0, 0.1) is 18.2 Å². The molecule has 1 aromatic rings. The quantitative estimate of drug-likeness (QED) is 0.898.